The normalized spacial score (nSPS) is 15.7. The topological polar surface area (TPSA) is 32.3 Å². The van der Waals surface area contributed by atoms with Crippen LogP contribution >= 0.6 is 0 Å². The van der Waals surface area contributed by atoms with Gasteiger partial charge < -0.3 is 10.2 Å². The molecule has 0 spiro atoms. The highest BCUT2D eigenvalue weighted by molar-refractivity contribution is 5.94. The molecule has 1 unspecified atom stereocenters. The molecule has 1 heterocycles. The van der Waals surface area contributed by atoms with Crippen LogP contribution in [0.25, 0.3) is 0 Å². The number of hydrogen-bond donors (Lipinski definition) is 1. The molecule has 3 nitrogen and oxygen atoms in total. The molecule has 0 radical (unpaired) electrons. The third-order valence-corrected chi connectivity index (χ3v) is 3.13. The Labute approximate surface area is 105 Å². The maximum Gasteiger partial charge on any atom is 0.258 e. The lowest BCUT2D eigenvalue weighted by atomic mass is 10.1. The minimum atomic E-state index is -2.40. The number of rotatable bonds is 3. The van der Waals surface area contributed by atoms with Gasteiger partial charge in [-0.3, -0.25) is 4.79 Å². The second-order valence-electron chi connectivity index (χ2n) is 4.53. The lowest BCUT2D eigenvalue weighted by molar-refractivity contribution is -0.116. The Kier molecular flexibility index (Phi) is 3.50. The molecule has 1 atom stereocenters. The van der Waals surface area contributed by atoms with Crippen LogP contribution in [0.2, 0.25) is 0 Å². The Bertz CT molecular complexity index is 462. The summed E-state index contributed by atoms with van der Waals surface area (Å²) in [6.45, 7) is 3.64. The molecule has 18 heavy (non-hydrogen) atoms. The third kappa shape index (κ3) is 2.44. The van der Waals surface area contributed by atoms with Gasteiger partial charge in [0.25, 0.3) is 6.43 Å². The SMILES string of the molecule is CC(=O)N1CCc2cc(NC(C)C(F)F)ccc21. The first-order chi connectivity index (χ1) is 8.49. The van der Waals surface area contributed by atoms with Crippen molar-refractivity contribution in [2.45, 2.75) is 32.7 Å². The summed E-state index contributed by atoms with van der Waals surface area (Å²) in [5, 5.41) is 2.76. The van der Waals surface area contributed by atoms with E-state index in [1.54, 1.807) is 11.0 Å². The van der Waals surface area contributed by atoms with E-state index in [0.717, 1.165) is 17.7 Å². The van der Waals surface area contributed by atoms with Crippen LogP contribution in [0, 0.1) is 0 Å². The van der Waals surface area contributed by atoms with Gasteiger partial charge in [-0.05, 0) is 37.1 Å². The summed E-state index contributed by atoms with van der Waals surface area (Å²) >= 11 is 0. The highest BCUT2D eigenvalue weighted by atomic mass is 19.3. The first kappa shape index (κ1) is 12.8. The molecule has 0 aromatic heterocycles. The van der Waals surface area contributed by atoms with Gasteiger partial charge in [0.05, 0.1) is 6.04 Å². The summed E-state index contributed by atoms with van der Waals surface area (Å²) in [4.78, 5) is 13.1. The molecule has 0 bridgehead atoms. The van der Waals surface area contributed by atoms with E-state index < -0.39 is 12.5 Å². The van der Waals surface area contributed by atoms with Gasteiger partial charge in [-0.25, -0.2) is 8.78 Å². The average molecular weight is 254 g/mol. The molecular formula is C13H16F2N2O. The minimum absolute atomic E-state index is 0.00964. The van der Waals surface area contributed by atoms with Crippen LogP contribution in [0.15, 0.2) is 18.2 Å². The summed E-state index contributed by atoms with van der Waals surface area (Å²) in [5.41, 5.74) is 2.58. The lowest BCUT2D eigenvalue weighted by Crippen LogP contribution is -2.25. The fourth-order valence-electron chi connectivity index (χ4n) is 2.14. The third-order valence-electron chi connectivity index (χ3n) is 3.13. The predicted molar refractivity (Wildman–Crippen MR) is 67.3 cm³/mol. The van der Waals surface area contributed by atoms with E-state index in [1.165, 1.54) is 13.8 Å². The van der Waals surface area contributed by atoms with Gasteiger partial charge in [0.1, 0.15) is 0 Å². The number of carbonyl (C=O) groups is 1. The van der Waals surface area contributed by atoms with Crippen LogP contribution in [0.1, 0.15) is 19.4 Å². The first-order valence-corrected chi connectivity index (χ1v) is 5.94. The maximum atomic E-state index is 12.4. The van der Waals surface area contributed by atoms with E-state index in [1.807, 2.05) is 12.1 Å². The molecule has 0 saturated heterocycles. The summed E-state index contributed by atoms with van der Waals surface area (Å²) in [7, 11) is 0. The second-order valence-corrected chi connectivity index (χ2v) is 4.53. The van der Waals surface area contributed by atoms with Gasteiger partial charge in [0.15, 0.2) is 0 Å². The van der Waals surface area contributed by atoms with Crippen molar-refractivity contribution in [1.29, 1.82) is 0 Å². The van der Waals surface area contributed by atoms with Gasteiger partial charge in [-0.15, -0.1) is 0 Å². The molecule has 1 aliphatic heterocycles. The number of amides is 1. The Morgan fingerprint density at radius 3 is 2.78 bits per heavy atom. The van der Waals surface area contributed by atoms with Crippen molar-refractivity contribution >= 4 is 17.3 Å². The Morgan fingerprint density at radius 2 is 2.17 bits per heavy atom. The van der Waals surface area contributed by atoms with Crippen molar-refractivity contribution in [3.05, 3.63) is 23.8 Å². The highest BCUT2D eigenvalue weighted by Crippen LogP contribution is 2.30. The van der Waals surface area contributed by atoms with Gasteiger partial charge in [-0.2, -0.15) is 0 Å². The fourth-order valence-corrected chi connectivity index (χ4v) is 2.14. The Balaban J connectivity index is 2.17. The number of benzene rings is 1. The molecule has 0 fully saturated rings. The number of nitrogens with one attached hydrogen (secondary N) is 1. The molecule has 0 aliphatic carbocycles. The zero-order chi connectivity index (χ0) is 13.3. The fraction of sp³-hybridized carbons (Fsp3) is 0.462. The zero-order valence-corrected chi connectivity index (χ0v) is 10.4. The standard InChI is InChI=1S/C13H16F2N2O/c1-8(13(14)15)16-11-3-4-12-10(7-11)5-6-17(12)9(2)18/h3-4,7-8,13,16H,5-6H2,1-2H3. The quantitative estimate of drug-likeness (QED) is 0.899. The number of nitrogens with zero attached hydrogens (tertiary/aromatic N) is 1. The van der Waals surface area contributed by atoms with Crippen molar-refractivity contribution in [3.8, 4) is 0 Å². The summed E-state index contributed by atoms with van der Waals surface area (Å²) in [6, 6.07) is 4.51. The van der Waals surface area contributed by atoms with Crippen molar-refractivity contribution in [2.75, 3.05) is 16.8 Å². The molecular weight excluding hydrogens is 238 g/mol. The smallest absolute Gasteiger partial charge is 0.258 e. The van der Waals surface area contributed by atoms with E-state index in [9.17, 15) is 13.6 Å². The molecule has 5 heteroatoms. The second kappa shape index (κ2) is 4.92. The highest BCUT2D eigenvalue weighted by Gasteiger charge is 2.22. The molecule has 1 amide bonds. The minimum Gasteiger partial charge on any atom is -0.377 e. The van der Waals surface area contributed by atoms with Gasteiger partial charge >= 0.3 is 0 Å². The largest absolute Gasteiger partial charge is 0.377 e. The molecule has 1 aromatic carbocycles. The number of fused-ring (bicyclic) bond motifs is 1. The van der Waals surface area contributed by atoms with Crippen molar-refractivity contribution < 1.29 is 13.6 Å². The van der Waals surface area contributed by atoms with Crippen LogP contribution in [-0.4, -0.2) is 24.9 Å². The van der Waals surface area contributed by atoms with E-state index >= 15 is 0 Å². The van der Waals surface area contributed by atoms with E-state index in [0.29, 0.717) is 12.2 Å². The van der Waals surface area contributed by atoms with E-state index in [4.69, 9.17) is 0 Å². The molecule has 0 saturated carbocycles. The van der Waals surface area contributed by atoms with Crippen molar-refractivity contribution in [2.24, 2.45) is 0 Å². The van der Waals surface area contributed by atoms with Crippen LogP contribution in [0.4, 0.5) is 20.2 Å². The first-order valence-electron chi connectivity index (χ1n) is 5.94. The van der Waals surface area contributed by atoms with Crippen LogP contribution in [0.5, 0.6) is 0 Å². The number of alkyl halides is 2. The number of anilines is 2. The van der Waals surface area contributed by atoms with Crippen molar-refractivity contribution in [3.63, 3.8) is 0 Å². The predicted octanol–water partition coefficient (Wildman–Crippen LogP) is 2.66. The molecule has 2 rings (SSSR count). The summed E-state index contributed by atoms with van der Waals surface area (Å²) < 4.78 is 24.9. The summed E-state index contributed by atoms with van der Waals surface area (Å²) in [5.74, 6) is 0.00964. The number of halogens is 2. The van der Waals surface area contributed by atoms with Gasteiger partial charge in [0.2, 0.25) is 5.91 Å². The Hall–Kier alpha value is -1.65. The molecule has 98 valence electrons. The lowest BCUT2D eigenvalue weighted by Gasteiger charge is -2.17. The van der Waals surface area contributed by atoms with Crippen molar-refractivity contribution in [1.82, 2.24) is 0 Å². The van der Waals surface area contributed by atoms with Crippen LogP contribution in [0.3, 0.4) is 0 Å². The molecule has 1 N–H and O–H groups in total. The van der Waals surface area contributed by atoms with E-state index in [-0.39, 0.29) is 5.91 Å². The van der Waals surface area contributed by atoms with Gasteiger partial charge in [-0.1, -0.05) is 0 Å². The van der Waals surface area contributed by atoms with Crippen LogP contribution < -0.4 is 10.2 Å². The summed E-state index contributed by atoms with van der Waals surface area (Å²) in [6.07, 6.45) is -1.62. The monoisotopic (exact) mass is 254 g/mol. The molecule has 1 aliphatic rings. The molecule has 1 aromatic rings. The Morgan fingerprint density at radius 1 is 1.44 bits per heavy atom. The number of hydrogen-bond acceptors (Lipinski definition) is 2. The van der Waals surface area contributed by atoms with Gasteiger partial charge in [0, 0.05) is 24.8 Å². The zero-order valence-electron chi connectivity index (χ0n) is 10.4. The average Bonchev–Trinajstić information content (AvgIpc) is 2.71. The number of carbonyl (C=O) groups excluding carboxylic acids is 1. The maximum absolute atomic E-state index is 12.4. The van der Waals surface area contributed by atoms with Crippen LogP contribution in [-0.2, 0) is 11.2 Å². The van der Waals surface area contributed by atoms with E-state index in [2.05, 4.69) is 5.32 Å².